The van der Waals surface area contributed by atoms with Crippen molar-refractivity contribution in [3.63, 3.8) is 0 Å². The Morgan fingerprint density at radius 1 is 0.717 bits per heavy atom. The Labute approximate surface area is 268 Å². The first kappa shape index (κ1) is 32.0. The van der Waals surface area contributed by atoms with Gasteiger partial charge in [-0.2, -0.15) is 0 Å². The van der Waals surface area contributed by atoms with Gasteiger partial charge in [-0.05, 0) is 86.3 Å². The molecule has 0 aliphatic carbocycles. The molecule has 1 aliphatic rings. The van der Waals surface area contributed by atoms with E-state index in [4.69, 9.17) is 4.74 Å². The van der Waals surface area contributed by atoms with Crippen LogP contribution in [0.4, 0.5) is 5.69 Å². The monoisotopic (exact) mass is 616 g/mol. The van der Waals surface area contributed by atoms with Crippen molar-refractivity contribution < 1.29 is 28.7 Å². The van der Waals surface area contributed by atoms with Gasteiger partial charge in [-0.15, -0.1) is 0 Å². The number of benzene rings is 4. The Bertz CT molecular complexity index is 1880. The summed E-state index contributed by atoms with van der Waals surface area (Å²) in [5, 5.41) is 0. The number of ether oxygens (including phenoxy) is 1. The van der Waals surface area contributed by atoms with Crippen LogP contribution >= 0.6 is 0 Å². The zero-order valence-electron chi connectivity index (χ0n) is 27.0. The molecule has 0 fully saturated rings. The van der Waals surface area contributed by atoms with Crippen molar-refractivity contribution >= 4 is 35.5 Å². The van der Waals surface area contributed by atoms with Crippen LogP contribution in [0.25, 0.3) is 0 Å². The number of imide groups is 1. The maximum Gasteiger partial charge on any atom is 0.262 e. The lowest BCUT2D eigenvalue weighted by molar-refractivity contribution is 0.0507. The molecular formula is C38H36N2O6. The maximum atomic E-state index is 13.6. The minimum atomic E-state index is -0.727. The van der Waals surface area contributed by atoms with E-state index in [1.807, 2.05) is 24.3 Å². The van der Waals surface area contributed by atoms with E-state index >= 15 is 0 Å². The molecule has 46 heavy (non-hydrogen) atoms. The van der Waals surface area contributed by atoms with E-state index in [9.17, 15) is 24.0 Å². The highest BCUT2D eigenvalue weighted by atomic mass is 16.5. The molecule has 0 radical (unpaired) electrons. The predicted molar refractivity (Wildman–Crippen MR) is 176 cm³/mol. The lowest BCUT2D eigenvalue weighted by Gasteiger charge is -2.29. The van der Waals surface area contributed by atoms with Crippen LogP contribution in [0.1, 0.15) is 104 Å². The molecule has 0 N–H and O–H groups in total. The van der Waals surface area contributed by atoms with Crippen LogP contribution in [0.15, 0.2) is 84.9 Å². The highest BCUT2D eigenvalue weighted by Gasteiger charge is 2.42. The minimum Gasteiger partial charge on any atom is -0.457 e. The molecule has 0 atom stereocenters. The second kappa shape index (κ2) is 11.9. The molecule has 4 aromatic carbocycles. The van der Waals surface area contributed by atoms with Gasteiger partial charge in [0.1, 0.15) is 11.5 Å². The number of carbonyl (C=O) groups excluding carboxylic acids is 5. The molecule has 0 saturated carbocycles. The predicted octanol–water partition coefficient (Wildman–Crippen LogP) is 7.49. The number of amides is 3. The summed E-state index contributed by atoms with van der Waals surface area (Å²) < 4.78 is 5.98. The Kier molecular flexibility index (Phi) is 8.26. The topological polar surface area (TPSA) is 101 Å². The number of hydrogen-bond acceptors (Lipinski definition) is 6. The van der Waals surface area contributed by atoms with Gasteiger partial charge in [0.2, 0.25) is 0 Å². The van der Waals surface area contributed by atoms with Gasteiger partial charge < -0.3 is 9.64 Å². The molecule has 0 spiro atoms. The summed E-state index contributed by atoms with van der Waals surface area (Å²) in [6.07, 6.45) is 0.567. The average Bonchev–Trinajstić information content (AvgIpc) is 3.28. The lowest BCUT2D eigenvalue weighted by atomic mass is 9.87. The summed E-state index contributed by atoms with van der Waals surface area (Å²) >= 11 is 0. The van der Waals surface area contributed by atoms with Gasteiger partial charge in [-0.1, -0.05) is 51.1 Å². The quantitative estimate of drug-likeness (QED) is 0.121. The third-order valence-corrected chi connectivity index (χ3v) is 7.98. The maximum absolute atomic E-state index is 13.6. The van der Waals surface area contributed by atoms with Crippen LogP contribution in [-0.4, -0.2) is 47.3 Å². The standard InChI is InChI=1S/C38H36N2O6/c1-37(2,3)26-11-15-28(16-12-26)46-29-17-13-27(14-18-29)39(7)34(43)31-20-23(8-9-25(31)22-41)33(42)24-10-19-30-32(21-24)36(45)40(35(30)44)38(4,5)6/h8-22H,1-7H3. The molecule has 1 heterocycles. The highest BCUT2D eigenvalue weighted by molar-refractivity contribution is 6.23. The summed E-state index contributed by atoms with van der Waals surface area (Å²) in [5.74, 6) is -0.539. The van der Waals surface area contributed by atoms with Crippen LogP contribution in [0, 0.1) is 0 Å². The number of carbonyl (C=O) groups is 5. The Morgan fingerprint density at radius 2 is 1.26 bits per heavy atom. The fraction of sp³-hybridized carbons (Fsp3) is 0.237. The van der Waals surface area contributed by atoms with Crippen LogP contribution in [-0.2, 0) is 5.41 Å². The van der Waals surface area contributed by atoms with Gasteiger partial charge in [0, 0.05) is 35.0 Å². The third kappa shape index (κ3) is 6.11. The Hall–Kier alpha value is -5.37. The van der Waals surface area contributed by atoms with Crippen LogP contribution in [0.2, 0.25) is 0 Å². The fourth-order valence-corrected chi connectivity index (χ4v) is 5.34. The van der Waals surface area contributed by atoms with Crippen molar-refractivity contribution in [2.45, 2.75) is 52.5 Å². The van der Waals surface area contributed by atoms with Gasteiger partial charge in [-0.3, -0.25) is 28.9 Å². The van der Waals surface area contributed by atoms with Gasteiger partial charge >= 0.3 is 0 Å². The van der Waals surface area contributed by atoms with Crippen LogP contribution in [0.3, 0.4) is 0 Å². The third-order valence-electron chi connectivity index (χ3n) is 7.98. The number of rotatable bonds is 7. The van der Waals surface area contributed by atoms with E-state index in [-0.39, 0.29) is 38.8 Å². The molecule has 0 saturated heterocycles. The van der Waals surface area contributed by atoms with E-state index in [0.29, 0.717) is 23.5 Å². The van der Waals surface area contributed by atoms with Crippen molar-refractivity contribution in [3.05, 3.63) is 124 Å². The number of hydrogen-bond donors (Lipinski definition) is 0. The van der Waals surface area contributed by atoms with Crippen molar-refractivity contribution in [2.24, 2.45) is 0 Å². The highest BCUT2D eigenvalue weighted by Crippen LogP contribution is 2.31. The molecule has 4 aromatic rings. The Morgan fingerprint density at radius 3 is 1.83 bits per heavy atom. The van der Waals surface area contributed by atoms with E-state index in [2.05, 4.69) is 20.8 Å². The average molecular weight is 617 g/mol. The zero-order chi connectivity index (χ0) is 33.6. The first-order chi connectivity index (χ1) is 21.6. The van der Waals surface area contributed by atoms with Crippen LogP contribution in [0.5, 0.6) is 11.5 Å². The number of nitrogens with zero attached hydrogens (tertiary/aromatic N) is 2. The fourth-order valence-electron chi connectivity index (χ4n) is 5.34. The zero-order valence-corrected chi connectivity index (χ0v) is 27.0. The van der Waals surface area contributed by atoms with Gasteiger partial charge in [0.25, 0.3) is 17.7 Å². The van der Waals surface area contributed by atoms with E-state index in [0.717, 1.165) is 0 Å². The van der Waals surface area contributed by atoms with Gasteiger partial charge in [-0.25, -0.2) is 0 Å². The minimum absolute atomic E-state index is 0.0337. The van der Waals surface area contributed by atoms with Crippen molar-refractivity contribution in [2.75, 3.05) is 11.9 Å². The smallest absolute Gasteiger partial charge is 0.262 e. The first-order valence-corrected chi connectivity index (χ1v) is 14.9. The Balaban J connectivity index is 1.36. The summed E-state index contributed by atoms with van der Waals surface area (Å²) in [6.45, 7) is 11.7. The molecule has 234 valence electrons. The largest absolute Gasteiger partial charge is 0.457 e. The lowest BCUT2D eigenvalue weighted by Crippen LogP contribution is -2.45. The van der Waals surface area contributed by atoms with E-state index in [1.165, 1.54) is 51.8 Å². The molecule has 8 nitrogen and oxygen atoms in total. The molecule has 8 heteroatoms. The number of fused-ring (bicyclic) bond motifs is 1. The molecule has 1 aliphatic heterocycles. The second-order valence-corrected chi connectivity index (χ2v) is 13.4. The summed E-state index contributed by atoms with van der Waals surface area (Å²) in [4.78, 5) is 67.5. The number of ketones is 1. The SMILES string of the molecule is CN(C(=O)c1cc(C(=O)c2ccc3c(c2)C(=O)N(C(C)(C)C)C3=O)ccc1C=O)c1ccc(Oc2ccc(C(C)(C)C)cc2)cc1. The second-order valence-electron chi connectivity index (χ2n) is 13.4. The summed E-state index contributed by atoms with van der Waals surface area (Å²) in [7, 11) is 1.58. The van der Waals surface area contributed by atoms with Gasteiger partial charge in [0.05, 0.1) is 16.7 Å². The number of anilines is 1. The molecular weight excluding hydrogens is 580 g/mol. The van der Waals surface area contributed by atoms with Gasteiger partial charge in [0.15, 0.2) is 12.1 Å². The first-order valence-electron chi connectivity index (χ1n) is 14.9. The normalized spacial score (nSPS) is 13.0. The molecule has 0 unspecified atom stereocenters. The molecule has 5 rings (SSSR count). The summed E-state index contributed by atoms with van der Waals surface area (Å²) in [6, 6.07) is 23.5. The summed E-state index contributed by atoms with van der Waals surface area (Å²) in [5.41, 5.74) is 1.97. The van der Waals surface area contributed by atoms with Crippen molar-refractivity contribution in [1.82, 2.24) is 4.90 Å². The molecule has 3 amide bonds. The van der Waals surface area contributed by atoms with E-state index in [1.54, 1.807) is 52.1 Å². The molecule has 0 aromatic heterocycles. The van der Waals surface area contributed by atoms with Crippen molar-refractivity contribution in [1.29, 1.82) is 0 Å². The van der Waals surface area contributed by atoms with Crippen LogP contribution < -0.4 is 9.64 Å². The van der Waals surface area contributed by atoms with Crippen molar-refractivity contribution in [3.8, 4) is 11.5 Å². The number of aldehydes is 1. The van der Waals surface area contributed by atoms with E-state index < -0.39 is 29.0 Å². The molecule has 0 bridgehead atoms.